The van der Waals surface area contributed by atoms with Gasteiger partial charge in [0.2, 0.25) is 0 Å². The number of fused-ring (bicyclic) bond motifs is 1. The first-order valence-corrected chi connectivity index (χ1v) is 6.88. The molecule has 0 bridgehead atoms. The zero-order chi connectivity index (χ0) is 12.5. The van der Waals surface area contributed by atoms with Gasteiger partial charge in [0.1, 0.15) is 11.7 Å². The number of amidine groups is 1. The summed E-state index contributed by atoms with van der Waals surface area (Å²) in [6.07, 6.45) is 5.74. The Kier molecular flexibility index (Phi) is 3.14. The van der Waals surface area contributed by atoms with Crippen LogP contribution < -0.4 is 0 Å². The summed E-state index contributed by atoms with van der Waals surface area (Å²) >= 11 is 7.45. The molecule has 0 spiro atoms. The summed E-state index contributed by atoms with van der Waals surface area (Å²) in [7, 11) is 0. The van der Waals surface area contributed by atoms with Crippen LogP contribution in [0, 0.1) is 5.82 Å². The van der Waals surface area contributed by atoms with E-state index in [1.54, 1.807) is 12.1 Å². The molecule has 18 heavy (non-hydrogen) atoms. The van der Waals surface area contributed by atoms with E-state index in [-0.39, 0.29) is 5.82 Å². The molecule has 2 heterocycles. The zero-order valence-electron chi connectivity index (χ0n) is 9.44. The fourth-order valence-electron chi connectivity index (χ4n) is 1.99. The minimum atomic E-state index is -0.279. The van der Waals surface area contributed by atoms with Gasteiger partial charge in [-0.05, 0) is 42.3 Å². The minimum absolute atomic E-state index is 0.279. The average Bonchev–Trinajstić information content (AvgIpc) is 2.41. The number of nitrogens with zero attached hydrogens (tertiary/aromatic N) is 2. The van der Waals surface area contributed by atoms with E-state index in [4.69, 9.17) is 11.6 Å². The maximum atomic E-state index is 13.9. The van der Waals surface area contributed by atoms with Gasteiger partial charge < -0.3 is 4.90 Å². The van der Waals surface area contributed by atoms with E-state index in [2.05, 4.69) is 4.40 Å². The third kappa shape index (κ3) is 2.06. The Morgan fingerprint density at radius 1 is 1.39 bits per heavy atom. The maximum Gasteiger partial charge on any atom is 0.148 e. The smallest absolute Gasteiger partial charge is 0.148 e. The largest absolute Gasteiger partial charge is 0.331 e. The molecule has 3 rings (SSSR count). The SMILES string of the molecule is Fc1ccc(Cl)cc1C1=CC=CN2CCSN=C12. The quantitative estimate of drug-likeness (QED) is 0.728. The van der Waals surface area contributed by atoms with Crippen LogP contribution in [0.2, 0.25) is 5.02 Å². The highest BCUT2D eigenvalue weighted by molar-refractivity contribution is 7.98. The van der Waals surface area contributed by atoms with Crippen molar-refractivity contribution in [2.45, 2.75) is 0 Å². The van der Waals surface area contributed by atoms with Crippen molar-refractivity contribution in [3.8, 4) is 0 Å². The van der Waals surface area contributed by atoms with Crippen molar-refractivity contribution >= 4 is 35.0 Å². The Morgan fingerprint density at radius 3 is 3.17 bits per heavy atom. The van der Waals surface area contributed by atoms with Gasteiger partial charge in [-0.3, -0.25) is 0 Å². The Morgan fingerprint density at radius 2 is 2.28 bits per heavy atom. The predicted octanol–water partition coefficient (Wildman–Crippen LogP) is 3.75. The van der Waals surface area contributed by atoms with Crippen molar-refractivity contribution < 1.29 is 4.39 Å². The molecule has 1 aromatic carbocycles. The first kappa shape index (κ1) is 11.8. The molecule has 0 fully saturated rings. The molecular weight excluding hydrogens is 271 g/mol. The second-order valence-corrected chi connectivity index (χ2v) is 5.27. The van der Waals surface area contributed by atoms with Gasteiger partial charge in [0.05, 0.1) is 0 Å². The van der Waals surface area contributed by atoms with Crippen molar-refractivity contribution in [2.24, 2.45) is 4.40 Å². The van der Waals surface area contributed by atoms with E-state index in [0.717, 1.165) is 23.7 Å². The minimum Gasteiger partial charge on any atom is -0.331 e. The van der Waals surface area contributed by atoms with Gasteiger partial charge in [0.25, 0.3) is 0 Å². The van der Waals surface area contributed by atoms with Gasteiger partial charge in [-0.15, -0.1) is 0 Å². The lowest BCUT2D eigenvalue weighted by molar-refractivity contribution is 0.591. The number of hydrogen-bond donors (Lipinski definition) is 0. The lowest BCUT2D eigenvalue weighted by Gasteiger charge is -2.29. The fourth-order valence-corrected chi connectivity index (χ4v) is 2.85. The highest BCUT2D eigenvalue weighted by atomic mass is 35.5. The van der Waals surface area contributed by atoms with E-state index in [9.17, 15) is 4.39 Å². The van der Waals surface area contributed by atoms with Crippen LogP contribution in [0.3, 0.4) is 0 Å². The molecule has 0 atom stereocenters. The number of benzene rings is 1. The summed E-state index contributed by atoms with van der Waals surface area (Å²) in [6, 6.07) is 4.58. The second kappa shape index (κ2) is 4.78. The maximum absolute atomic E-state index is 13.9. The van der Waals surface area contributed by atoms with Crippen molar-refractivity contribution in [1.82, 2.24) is 4.90 Å². The van der Waals surface area contributed by atoms with E-state index < -0.39 is 0 Å². The molecule has 0 saturated carbocycles. The van der Waals surface area contributed by atoms with Crippen LogP contribution in [0.4, 0.5) is 4.39 Å². The summed E-state index contributed by atoms with van der Waals surface area (Å²) in [6.45, 7) is 0.888. The standard InChI is InChI=1S/C13H10ClFN2S/c14-9-3-4-12(15)11(8-9)10-2-1-5-17-6-7-18-16-13(10)17/h1-5,8H,6-7H2. The first-order valence-electron chi connectivity index (χ1n) is 5.56. The van der Waals surface area contributed by atoms with Crippen LogP contribution in [-0.2, 0) is 0 Å². The van der Waals surface area contributed by atoms with E-state index in [1.807, 2.05) is 23.3 Å². The lowest BCUT2D eigenvalue weighted by atomic mass is 10.0. The summed E-state index contributed by atoms with van der Waals surface area (Å²) in [4.78, 5) is 2.03. The summed E-state index contributed by atoms with van der Waals surface area (Å²) < 4.78 is 18.3. The fraction of sp³-hybridized carbons (Fsp3) is 0.154. The van der Waals surface area contributed by atoms with Crippen LogP contribution in [0.1, 0.15) is 5.56 Å². The number of halogens is 2. The third-order valence-corrected chi connectivity index (χ3v) is 3.74. The van der Waals surface area contributed by atoms with Crippen LogP contribution >= 0.6 is 23.5 Å². The summed E-state index contributed by atoms with van der Waals surface area (Å²) in [5, 5.41) is 0.525. The van der Waals surface area contributed by atoms with Gasteiger partial charge in [0, 0.05) is 34.7 Å². The Hall–Kier alpha value is -1.26. The number of rotatable bonds is 1. The monoisotopic (exact) mass is 280 g/mol. The molecule has 1 aromatic rings. The molecule has 2 nitrogen and oxygen atoms in total. The lowest BCUT2D eigenvalue weighted by Crippen LogP contribution is -2.32. The van der Waals surface area contributed by atoms with Crippen LogP contribution in [0.15, 0.2) is 40.9 Å². The Balaban J connectivity index is 2.10. The Labute approximate surface area is 114 Å². The van der Waals surface area contributed by atoms with Crippen molar-refractivity contribution in [2.75, 3.05) is 12.3 Å². The van der Waals surface area contributed by atoms with E-state index >= 15 is 0 Å². The highest BCUT2D eigenvalue weighted by Crippen LogP contribution is 2.30. The van der Waals surface area contributed by atoms with Gasteiger partial charge in [-0.1, -0.05) is 11.6 Å². The third-order valence-electron chi connectivity index (χ3n) is 2.83. The van der Waals surface area contributed by atoms with Crippen LogP contribution in [0.25, 0.3) is 5.57 Å². The molecule has 5 heteroatoms. The van der Waals surface area contributed by atoms with Crippen molar-refractivity contribution in [1.29, 1.82) is 0 Å². The van der Waals surface area contributed by atoms with Crippen molar-refractivity contribution in [3.63, 3.8) is 0 Å². The molecule has 0 radical (unpaired) electrons. The molecule has 92 valence electrons. The average molecular weight is 281 g/mol. The number of allylic oxidation sites excluding steroid dienone is 2. The van der Waals surface area contributed by atoms with Gasteiger partial charge in [-0.25, -0.2) is 4.39 Å². The molecule has 0 aliphatic carbocycles. The topological polar surface area (TPSA) is 15.6 Å². The molecule has 2 aliphatic heterocycles. The summed E-state index contributed by atoms with van der Waals surface area (Å²) in [5.41, 5.74) is 1.28. The molecular formula is C13H10ClFN2S. The van der Waals surface area contributed by atoms with E-state index in [0.29, 0.717) is 10.6 Å². The summed E-state index contributed by atoms with van der Waals surface area (Å²) in [5.74, 6) is 1.47. The van der Waals surface area contributed by atoms with Gasteiger partial charge in [0.15, 0.2) is 0 Å². The predicted molar refractivity (Wildman–Crippen MR) is 75.1 cm³/mol. The first-order chi connectivity index (χ1) is 8.75. The van der Waals surface area contributed by atoms with Crippen LogP contribution in [-0.4, -0.2) is 23.0 Å². The zero-order valence-corrected chi connectivity index (χ0v) is 11.0. The van der Waals surface area contributed by atoms with E-state index in [1.165, 1.54) is 18.0 Å². The molecule has 0 aromatic heterocycles. The Bertz CT molecular complexity index is 580. The highest BCUT2D eigenvalue weighted by Gasteiger charge is 2.23. The van der Waals surface area contributed by atoms with Gasteiger partial charge >= 0.3 is 0 Å². The number of hydrogen-bond acceptors (Lipinski definition) is 3. The molecule has 0 saturated heterocycles. The van der Waals surface area contributed by atoms with Crippen LogP contribution in [0.5, 0.6) is 0 Å². The van der Waals surface area contributed by atoms with Crippen molar-refractivity contribution in [3.05, 3.63) is 53.0 Å². The second-order valence-electron chi connectivity index (χ2n) is 3.99. The van der Waals surface area contributed by atoms with Gasteiger partial charge in [-0.2, -0.15) is 4.40 Å². The molecule has 0 unspecified atom stereocenters. The molecule has 0 N–H and O–H groups in total. The normalized spacial score (nSPS) is 18.2. The molecule has 2 aliphatic rings. The molecule has 0 amide bonds.